The minimum Gasteiger partial charge on any atom is -0.445 e. The molecule has 2 atom stereocenters. The summed E-state index contributed by atoms with van der Waals surface area (Å²) in [6.07, 6.45) is -1.19. The summed E-state index contributed by atoms with van der Waals surface area (Å²) in [5.74, 6) is -1.63. The third-order valence-electron chi connectivity index (χ3n) is 5.56. The van der Waals surface area contributed by atoms with E-state index in [4.69, 9.17) is 4.74 Å². The second kappa shape index (κ2) is 12.1. The van der Waals surface area contributed by atoms with Crippen LogP contribution in [0, 0.1) is 0 Å². The zero-order valence-corrected chi connectivity index (χ0v) is 19.5. The Labute approximate surface area is 209 Å². The molecule has 4 aromatic carbocycles. The van der Waals surface area contributed by atoms with Gasteiger partial charge >= 0.3 is 5.97 Å². The Morgan fingerprint density at radius 3 is 1.72 bits per heavy atom. The van der Waals surface area contributed by atoms with Crippen LogP contribution >= 0.6 is 0 Å². The van der Waals surface area contributed by atoms with Crippen LogP contribution in [0.2, 0.25) is 0 Å². The molecule has 0 bridgehead atoms. The molecule has 0 fully saturated rings. The highest BCUT2D eigenvalue weighted by molar-refractivity contribution is 5.97. The number of amides is 2. The molecule has 0 radical (unpaired) electrons. The zero-order valence-electron chi connectivity index (χ0n) is 19.5. The standard InChI is InChI=1S/C30H26N2O4/c33-28(25-19-11-4-12-20-25)32-26(23-15-7-2-8-16-23)30(35)36-27(24-17-9-3-10-18-24)29(34)31-21-22-13-5-1-6-14-22/h1-20,26-27H,21H2,(H,31,34)(H,32,33)/t26-,27-/m0/s1. The van der Waals surface area contributed by atoms with Crippen LogP contribution in [0.4, 0.5) is 0 Å². The van der Waals surface area contributed by atoms with Gasteiger partial charge in [0.1, 0.15) is 0 Å². The molecule has 0 heterocycles. The fourth-order valence-corrected chi connectivity index (χ4v) is 3.69. The Bertz CT molecular complexity index is 1280. The van der Waals surface area contributed by atoms with Gasteiger partial charge in [-0.2, -0.15) is 0 Å². The smallest absolute Gasteiger partial charge is 0.334 e. The van der Waals surface area contributed by atoms with Crippen molar-refractivity contribution in [3.8, 4) is 0 Å². The maximum absolute atomic E-state index is 13.5. The highest BCUT2D eigenvalue weighted by Crippen LogP contribution is 2.23. The van der Waals surface area contributed by atoms with Gasteiger partial charge in [0.2, 0.25) is 6.10 Å². The van der Waals surface area contributed by atoms with Crippen molar-refractivity contribution < 1.29 is 19.1 Å². The summed E-state index contributed by atoms with van der Waals surface area (Å²) in [4.78, 5) is 39.5. The van der Waals surface area contributed by atoms with Crippen molar-refractivity contribution in [2.75, 3.05) is 0 Å². The lowest BCUT2D eigenvalue weighted by atomic mass is 10.1. The first-order valence-electron chi connectivity index (χ1n) is 11.6. The molecule has 0 aromatic heterocycles. The van der Waals surface area contributed by atoms with Crippen LogP contribution in [0.25, 0.3) is 0 Å². The zero-order chi connectivity index (χ0) is 25.2. The van der Waals surface area contributed by atoms with Crippen LogP contribution in [-0.4, -0.2) is 17.8 Å². The van der Waals surface area contributed by atoms with Crippen LogP contribution in [0.15, 0.2) is 121 Å². The number of hydrogen-bond donors (Lipinski definition) is 2. The highest BCUT2D eigenvalue weighted by atomic mass is 16.5. The summed E-state index contributed by atoms with van der Waals surface area (Å²) in [7, 11) is 0. The lowest BCUT2D eigenvalue weighted by molar-refractivity contribution is -0.158. The molecule has 6 nitrogen and oxygen atoms in total. The average Bonchev–Trinajstić information content (AvgIpc) is 2.95. The van der Waals surface area contributed by atoms with Gasteiger partial charge in [-0.05, 0) is 23.3 Å². The minimum absolute atomic E-state index is 0.285. The topological polar surface area (TPSA) is 84.5 Å². The lowest BCUT2D eigenvalue weighted by Crippen LogP contribution is -2.38. The molecule has 36 heavy (non-hydrogen) atoms. The lowest BCUT2D eigenvalue weighted by Gasteiger charge is -2.23. The maximum Gasteiger partial charge on any atom is 0.334 e. The van der Waals surface area contributed by atoms with E-state index in [1.807, 2.05) is 42.5 Å². The SMILES string of the molecule is O=C(N[C@H](C(=O)O[C@H](C(=O)NCc1ccccc1)c1ccccc1)c1ccccc1)c1ccccc1. The van der Waals surface area contributed by atoms with Crippen LogP contribution in [0.5, 0.6) is 0 Å². The molecule has 0 aliphatic carbocycles. The molecule has 0 unspecified atom stereocenters. The molecule has 4 rings (SSSR count). The van der Waals surface area contributed by atoms with Gasteiger partial charge in [0.05, 0.1) is 0 Å². The Kier molecular flexibility index (Phi) is 8.22. The van der Waals surface area contributed by atoms with Crippen LogP contribution < -0.4 is 10.6 Å². The number of esters is 1. The van der Waals surface area contributed by atoms with Crippen molar-refractivity contribution >= 4 is 17.8 Å². The van der Waals surface area contributed by atoms with E-state index in [1.54, 1.807) is 78.9 Å². The number of rotatable bonds is 9. The number of benzene rings is 4. The first-order valence-corrected chi connectivity index (χ1v) is 11.6. The number of carbonyl (C=O) groups is 3. The predicted octanol–water partition coefficient (Wildman–Crippen LogP) is 4.76. The maximum atomic E-state index is 13.5. The molecular formula is C30H26N2O4. The highest BCUT2D eigenvalue weighted by Gasteiger charge is 2.31. The van der Waals surface area contributed by atoms with E-state index < -0.39 is 29.9 Å². The summed E-state index contributed by atoms with van der Waals surface area (Å²) in [5.41, 5.74) is 2.40. The van der Waals surface area contributed by atoms with Gasteiger partial charge in [-0.3, -0.25) is 9.59 Å². The molecule has 0 aliphatic heterocycles. The molecule has 180 valence electrons. The van der Waals surface area contributed by atoms with E-state index in [0.717, 1.165) is 5.56 Å². The summed E-state index contributed by atoms with van der Waals surface area (Å²) in [6, 6.07) is 34.6. The molecule has 6 heteroatoms. The van der Waals surface area contributed by atoms with E-state index >= 15 is 0 Å². The fraction of sp³-hybridized carbons (Fsp3) is 0.100. The first kappa shape index (κ1) is 24.4. The molecule has 2 N–H and O–H groups in total. The average molecular weight is 479 g/mol. The quantitative estimate of drug-likeness (QED) is 0.340. The molecule has 0 spiro atoms. The van der Waals surface area contributed by atoms with Gasteiger partial charge in [-0.1, -0.05) is 109 Å². The van der Waals surface area contributed by atoms with Crippen molar-refractivity contribution in [2.45, 2.75) is 18.7 Å². The van der Waals surface area contributed by atoms with E-state index in [2.05, 4.69) is 10.6 Å². The molecule has 0 saturated heterocycles. The van der Waals surface area contributed by atoms with E-state index in [1.165, 1.54) is 0 Å². The van der Waals surface area contributed by atoms with E-state index in [0.29, 0.717) is 16.7 Å². The third kappa shape index (κ3) is 6.45. The van der Waals surface area contributed by atoms with Gasteiger partial charge in [0, 0.05) is 17.7 Å². The molecule has 0 saturated carbocycles. The van der Waals surface area contributed by atoms with Crippen molar-refractivity contribution in [2.24, 2.45) is 0 Å². The van der Waals surface area contributed by atoms with Crippen LogP contribution in [0.3, 0.4) is 0 Å². The third-order valence-corrected chi connectivity index (χ3v) is 5.56. The number of carbonyl (C=O) groups excluding carboxylic acids is 3. The van der Waals surface area contributed by atoms with Gasteiger partial charge in [-0.25, -0.2) is 4.79 Å². The molecule has 4 aromatic rings. The van der Waals surface area contributed by atoms with Gasteiger partial charge in [0.25, 0.3) is 11.8 Å². The molecular weight excluding hydrogens is 452 g/mol. The minimum atomic E-state index is -1.19. The Morgan fingerprint density at radius 1 is 0.639 bits per heavy atom. The van der Waals surface area contributed by atoms with Gasteiger partial charge < -0.3 is 15.4 Å². The van der Waals surface area contributed by atoms with E-state index in [9.17, 15) is 14.4 Å². The normalized spacial score (nSPS) is 12.1. The second-order valence-corrected chi connectivity index (χ2v) is 8.11. The van der Waals surface area contributed by atoms with Crippen LogP contribution in [0.1, 0.15) is 39.2 Å². The van der Waals surface area contributed by atoms with Gasteiger partial charge in [0.15, 0.2) is 6.04 Å². The molecule has 0 aliphatic rings. The largest absolute Gasteiger partial charge is 0.445 e. The number of ether oxygens (including phenoxy) is 1. The second-order valence-electron chi connectivity index (χ2n) is 8.11. The predicted molar refractivity (Wildman–Crippen MR) is 137 cm³/mol. The van der Waals surface area contributed by atoms with Crippen molar-refractivity contribution in [3.63, 3.8) is 0 Å². The summed E-state index contributed by atoms with van der Waals surface area (Å²) in [6.45, 7) is 0.285. The van der Waals surface area contributed by atoms with Gasteiger partial charge in [-0.15, -0.1) is 0 Å². The van der Waals surface area contributed by atoms with Crippen molar-refractivity contribution in [1.82, 2.24) is 10.6 Å². The van der Waals surface area contributed by atoms with Crippen molar-refractivity contribution in [1.29, 1.82) is 0 Å². The van der Waals surface area contributed by atoms with Crippen LogP contribution in [-0.2, 0) is 20.9 Å². The first-order chi connectivity index (χ1) is 17.6. The molecule has 2 amide bonds. The Balaban J connectivity index is 1.56. The number of nitrogens with one attached hydrogen (secondary N) is 2. The number of hydrogen-bond acceptors (Lipinski definition) is 4. The summed E-state index contributed by atoms with van der Waals surface area (Å²) in [5, 5.41) is 5.60. The Morgan fingerprint density at radius 2 is 1.14 bits per heavy atom. The van der Waals surface area contributed by atoms with E-state index in [-0.39, 0.29) is 6.54 Å². The monoisotopic (exact) mass is 478 g/mol. The fourth-order valence-electron chi connectivity index (χ4n) is 3.69. The van der Waals surface area contributed by atoms with Crippen molar-refractivity contribution in [3.05, 3.63) is 144 Å². The summed E-state index contributed by atoms with van der Waals surface area (Å²) >= 11 is 0. The summed E-state index contributed by atoms with van der Waals surface area (Å²) < 4.78 is 5.77. The Hall–Kier alpha value is -4.71.